The third-order valence-corrected chi connectivity index (χ3v) is 4.62. The summed E-state index contributed by atoms with van der Waals surface area (Å²) >= 11 is 0. The number of methoxy groups -OCH3 is 1. The van der Waals surface area contributed by atoms with Gasteiger partial charge in [-0.3, -0.25) is 0 Å². The van der Waals surface area contributed by atoms with Gasteiger partial charge in [0, 0.05) is 31.4 Å². The first-order chi connectivity index (χ1) is 13.7. The third-order valence-electron chi connectivity index (χ3n) is 4.62. The van der Waals surface area contributed by atoms with Crippen LogP contribution in [0.1, 0.15) is 25.0 Å². The molecule has 0 aliphatic carbocycles. The molecule has 2 N–H and O–H groups in total. The van der Waals surface area contributed by atoms with Gasteiger partial charge in [-0.1, -0.05) is 0 Å². The summed E-state index contributed by atoms with van der Waals surface area (Å²) < 4.78 is 11.4. The Morgan fingerprint density at radius 2 is 2.00 bits per heavy atom. The molecule has 148 valence electrons. The summed E-state index contributed by atoms with van der Waals surface area (Å²) in [6, 6.07) is 7.36. The first-order valence-corrected chi connectivity index (χ1v) is 9.55. The Hall–Kier alpha value is -2.98. The number of aromatic nitrogens is 2. The van der Waals surface area contributed by atoms with Gasteiger partial charge in [0.2, 0.25) is 5.95 Å². The van der Waals surface area contributed by atoms with E-state index >= 15 is 0 Å². The normalized spacial score (nSPS) is 13.8. The third kappa shape index (κ3) is 5.27. The van der Waals surface area contributed by atoms with E-state index < -0.39 is 0 Å². The monoisotopic (exact) mass is 381 g/mol. The minimum atomic E-state index is 0.421. The molecule has 1 fully saturated rings. The van der Waals surface area contributed by atoms with Crippen molar-refractivity contribution in [3.63, 3.8) is 0 Å². The highest BCUT2D eigenvalue weighted by molar-refractivity contribution is 5.61. The number of terminal acetylenes is 1. The molecule has 28 heavy (non-hydrogen) atoms. The van der Waals surface area contributed by atoms with E-state index in [1.165, 1.54) is 25.9 Å². The lowest BCUT2D eigenvalue weighted by molar-refractivity contribution is 0.254. The second-order valence-electron chi connectivity index (χ2n) is 6.60. The molecule has 0 spiro atoms. The molecule has 0 radical (unpaired) electrons. The highest BCUT2D eigenvalue weighted by Crippen LogP contribution is 2.31. The largest absolute Gasteiger partial charge is 0.493 e. The van der Waals surface area contributed by atoms with Crippen LogP contribution >= 0.6 is 0 Å². The molecular formula is C21H27N5O2. The lowest BCUT2D eigenvalue weighted by atomic mass is 10.2. The van der Waals surface area contributed by atoms with Crippen molar-refractivity contribution in [1.29, 1.82) is 0 Å². The fraction of sp³-hybridized carbons (Fsp3) is 0.429. The summed E-state index contributed by atoms with van der Waals surface area (Å²) in [5.74, 6) is 4.99. The Kier molecular flexibility index (Phi) is 6.93. The van der Waals surface area contributed by atoms with E-state index in [4.69, 9.17) is 15.9 Å². The first kappa shape index (κ1) is 19.8. The van der Waals surface area contributed by atoms with Crippen LogP contribution in [0.25, 0.3) is 0 Å². The summed E-state index contributed by atoms with van der Waals surface area (Å²) in [7, 11) is 3.42. The molecular weight excluding hydrogens is 354 g/mol. The lowest BCUT2D eigenvalue weighted by Crippen LogP contribution is -2.21. The highest BCUT2D eigenvalue weighted by atomic mass is 16.5. The van der Waals surface area contributed by atoms with Gasteiger partial charge in [0.05, 0.1) is 13.7 Å². The van der Waals surface area contributed by atoms with Gasteiger partial charge in [-0.15, -0.1) is 6.42 Å². The smallest absolute Gasteiger partial charge is 0.230 e. The van der Waals surface area contributed by atoms with Gasteiger partial charge >= 0.3 is 0 Å². The van der Waals surface area contributed by atoms with Gasteiger partial charge in [0.25, 0.3) is 0 Å². The van der Waals surface area contributed by atoms with E-state index in [0.29, 0.717) is 35.6 Å². The maximum atomic E-state index is 5.98. The average molecular weight is 381 g/mol. The van der Waals surface area contributed by atoms with Crippen molar-refractivity contribution in [2.24, 2.45) is 0 Å². The van der Waals surface area contributed by atoms with Crippen molar-refractivity contribution in [1.82, 2.24) is 14.9 Å². The fourth-order valence-corrected chi connectivity index (χ4v) is 3.18. The number of nitrogens with one attached hydrogen (secondary N) is 2. The van der Waals surface area contributed by atoms with Crippen LogP contribution in [-0.2, 0) is 0 Å². The van der Waals surface area contributed by atoms with Crippen LogP contribution in [0.5, 0.6) is 11.5 Å². The van der Waals surface area contributed by atoms with Gasteiger partial charge in [-0.25, -0.2) is 4.98 Å². The first-order valence-electron chi connectivity index (χ1n) is 9.55. The summed E-state index contributed by atoms with van der Waals surface area (Å²) in [5.41, 5.74) is 1.31. The van der Waals surface area contributed by atoms with E-state index in [1.807, 2.05) is 18.2 Å². The van der Waals surface area contributed by atoms with Gasteiger partial charge < -0.3 is 25.0 Å². The van der Waals surface area contributed by atoms with Gasteiger partial charge in [-0.2, -0.15) is 4.98 Å². The molecule has 2 heterocycles. The molecule has 1 aromatic heterocycles. The SMILES string of the molecule is C#Cc1cc(NC)nc(Nc2ccc(OC)c(OCCCN3CCCC3)c2)n1. The maximum Gasteiger partial charge on any atom is 0.230 e. The number of anilines is 3. The zero-order chi connectivity index (χ0) is 19.8. The minimum Gasteiger partial charge on any atom is -0.493 e. The Balaban J connectivity index is 1.65. The molecule has 0 unspecified atom stereocenters. The van der Waals surface area contributed by atoms with Crippen molar-refractivity contribution in [2.45, 2.75) is 19.3 Å². The zero-order valence-corrected chi connectivity index (χ0v) is 16.5. The maximum absolute atomic E-state index is 5.98. The topological polar surface area (TPSA) is 71.5 Å². The molecule has 2 aromatic rings. The van der Waals surface area contributed by atoms with Gasteiger partial charge in [-0.05, 0) is 50.4 Å². The van der Waals surface area contributed by atoms with Crippen LogP contribution in [0.4, 0.5) is 17.5 Å². The molecule has 1 aliphatic heterocycles. The second-order valence-corrected chi connectivity index (χ2v) is 6.60. The molecule has 0 amide bonds. The molecule has 1 saturated heterocycles. The van der Waals surface area contributed by atoms with Crippen LogP contribution in [0.2, 0.25) is 0 Å². The number of benzene rings is 1. The summed E-state index contributed by atoms with van der Waals surface area (Å²) in [6.07, 6.45) is 9.07. The second kappa shape index (κ2) is 9.81. The van der Waals surface area contributed by atoms with Crippen molar-refractivity contribution >= 4 is 17.5 Å². The molecule has 0 saturated carbocycles. The summed E-state index contributed by atoms with van der Waals surface area (Å²) in [6.45, 7) is 4.12. The Morgan fingerprint density at radius 3 is 2.71 bits per heavy atom. The van der Waals surface area contributed by atoms with Crippen LogP contribution in [0.3, 0.4) is 0 Å². The molecule has 0 bridgehead atoms. The number of rotatable bonds is 9. The number of hydrogen-bond donors (Lipinski definition) is 2. The molecule has 0 atom stereocenters. The van der Waals surface area contributed by atoms with Gasteiger partial charge in [0.15, 0.2) is 11.5 Å². The molecule has 1 aromatic carbocycles. The quantitative estimate of drug-likeness (QED) is 0.511. The average Bonchev–Trinajstić information content (AvgIpc) is 3.24. The standard InChI is InChI=1S/C21H27N5O2/c1-4-16-15-20(22-2)25-21(23-16)24-17-8-9-18(27-3)19(14-17)28-13-7-12-26-10-5-6-11-26/h1,8-9,14-15H,5-7,10-13H2,2-3H3,(H2,22,23,24,25). The zero-order valence-electron chi connectivity index (χ0n) is 16.5. The molecule has 7 heteroatoms. The molecule has 7 nitrogen and oxygen atoms in total. The predicted molar refractivity (Wildman–Crippen MR) is 112 cm³/mol. The summed E-state index contributed by atoms with van der Waals surface area (Å²) in [4.78, 5) is 11.2. The van der Waals surface area contributed by atoms with Crippen molar-refractivity contribution in [2.75, 3.05) is 51.0 Å². The van der Waals surface area contributed by atoms with Crippen LogP contribution < -0.4 is 20.1 Å². The van der Waals surface area contributed by atoms with Crippen LogP contribution in [0, 0.1) is 12.3 Å². The minimum absolute atomic E-state index is 0.421. The van der Waals surface area contributed by atoms with E-state index in [-0.39, 0.29) is 0 Å². The van der Waals surface area contributed by atoms with Gasteiger partial charge in [0.1, 0.15) is 11.5 Å². The number of hydrogen-bond acceptors (Lipinski definition) is 7. The van der Waals surface area contributed by atoms with Crippen LogP contribution in [0.15, 0.2) is 24.3 Å². The Morgan fingerprint density at radius 1 is 1.18 bits per heavy atom. The van der Waals surface area contributed by atoms with Crippen molar-refractivity contribution in [3.8, 4) is 23.8 Å². The van der Waals surface area contributed by atoms with E-state index in [1.54, 1.807) is 20.2 Å². The van der Waals surface area contributed by atoms with Crippen molar-refractivity contribution < 1.29 is 9.47 Å². The van der Waals surface area contributed by atoms with E-state index in [0.717, 1.165) is 18.7 Å². The fourth-order valence-electron chi connectivity index (χ4n) is 3.18. The van der Waals surface area contributed by atoms with Crippen LogP contribution in [-0.4, -0.2) is 55.3 Å². The Labute approximate surface area is 166 Å². The number of ether oxygens (including phenoxy) is 2. The number of nitrogens with zero attached hydrogens (tertiary/aromatic N) is 3. The summed E-state index contributed by atoms with van der Waals surface area (Å²) in [5, 5.41) is 6.16. The number of likely N-dealkylation sites (tertiary alicyclic amines) is 1. The Bertz CT molecular complexity index is 828. The predicted octanol–water partition coefficient (Wildman–Crippen LogP) is 3.12. The van der Waals surface area contributed by atoms with E-state index in [2.05, 4.69) is 31.4 Å². The molecule has 1 aliphatic rings. The van der Waals surface area contributed by atoms with E-state index in [9.17, 15) is 0 Å². The highest BCUT2D eigenvalue weighted by Gasteiger charge is 2.12. The lowest BCUT2D eigenvalue weighted by Gasteiger charge is -2.16. The molecule has 3 rings (SSSR count). The van der Waals surface area contributed by atoms with Crippen molar-refractivity contribution in [3.05, 3.63) is 30.0 Å².